The Morgan fingerprint density at radius 2 is 1.70 bits per heavy atom. The van der Waals surface area contributed by atoms with Crippen molar-refractivity contribution in [1.82, 2.24) is 9.78 Å². The average molecular weight is 387 g/mol. The monoisotopic (exact) mass is 386 g/mol. The lowest BCUT2D eigenvalue weighted by atomic mass is 9.77. The number of nitrogens with zero attached hydrogens (tertiary/aromatic N) is 2. The predicted octanol–water partition coefficient (Wildman–Crippen LogP) is 5.54. The minimum absolute atomic E-state index is 0.200. The molecule has 0 bridgehead atoms. The molecule has 0 saturated heterocycles. The molecule has 1 aromatic heterocycles. The molecule has 0 aliphatic heterocycles. The second-order valence-electron chi connectivity index (χ2n) is 7.97. The van der Waals surface area contributed by atoms with Crippen LogP contribution in [0, 0.1) is 5.92 Å². The molecular weight excluding hydrogens is 360 g/mol. The molecule has 5 heteroatoms. The van der Waals surface area contributed by atoms with Crippen LogP contribution in [0.15, 0.2) is 24.3 Å². The zero-order chi connectivity index (χ0) is 18.8. The van der Waals surface area contributed by atoms with Gasteiger partial charge in [-0.1, -0.05) is 37.3 Å². The summed E-state index contributed by atoms with van der Waals surface area (Å²) in [5, 5.41) is 15.8. The minimum Gasteiger partial charge on any atom is -0.481 e. The van der Waals surface area contributed by atoms with E-state index in [4.69, 9.17) is 16.7 Å². The molecule has 4 rings (SSSR count). The SMILES string of the molecule is O=C(O)C(c1c2c(nn1-c1ccc(Cl)cc1)CCCCC2)C1CCCCC1. The van der Waals surface area contributed by atoms with E-state index in [0.29, 0.717) is 5.02 Å². The number of hydrogen-bond donors (Lipinski definition) is 1. The largest absolute Gasteiger partial charge is 0.481 e. The number of carboxylic acid groups (broad SMARTS) is 1. The van der Waals surface area contributed by atoms with Crippen LogP contribution in [0.3, 0.4) is 0 Å². The van der Waals surface area contributed by atoms with Crippen LogP contribution in [0.4, 0.5) is 0 Å². The van der Waals surface area contributed by atoms with Gasteiger partial charge in [-0.25, -0.2) is 4.68 Å². The Kier molecular flexibility index (Phi) is 5.53. The fourth-order valence-electron chi connectivity index (χ4n) is 4.86. The van der Waals surface area contributed by atoms with Crippen LogP contribution in [0.5, 0.6) is 0 Å². The van der Waals surface area contributed by atoms with Crippen molar-refractivity contribution in [3.05, 3.63) is 46.2 Å². The molecule has 1 atom stereocenters. The highest BCUT2D eigenvalue weighted by Crippen LogP contribution is 2.40. The Bertz CT molecular complexity index is 806. The molecule has 2 aromatic rings. The molecule has 1 heterocycles. The smallest absolute Gasteiger partial charge is 0.312 e. The third-order valence-electron chi connectivity index (χ3n) is 6.20. The van der Waals surface area contributed by atoms with Crippen LogP contribution in [0.1, 0.15) is 74.2 Å². The van der Waals surface area contributed by atoms with E-state index >= 15 is 0 Å². The number of halogens is 1. The zero-order valence-electron chi connectivity index (χ0n) is 15.7. The highest BCUT2D eigenvalue weighted by Gasteiger charge is 2.37. The number of fused-ring (bicyclic) bond motifs is 1. The number of benzene rings is 1. The lowest BCUT2D eigenvalue weighted by molar-refractivity contribution is -0.140. The Hall–Kier alpha value is -1.81. The van der Waals surface area contributed by atoms with E-state index in [-0.39, 0.29) is 5.92 Å². The van der Waals surface area contributed by atoms with Crippen molar-refractivity contribution in [1.29, 1.82) is 0 Å². The van der Waals surface area contributed by atoms with Gasteiger partial charge in [0, 0.05) is 5.02 Å². The number of aliphatic carboxylic acids is 1. The fourth-order valence-corrected chi connectivity index (χ4v) is 4.99. The molecular formula is C22H27ClN2O2. The maximum atomic E-state index is 12.4. The number of rotatable bonds is 4. The van der Waals surface area contributed by atoms with Gasteiger partial charge in [0.05, 0.1) is 17.1 Å². The van der Waals surface area contributed by atoms with Gasteiger partial charge < -0.3 is 5.11 Å². The van der Waals surface area contributed by atoms with Crippen molar-refractivity contribution >= 4 is 17.6 Å². The fraction of sp³-hybridized carbons (Fsp3) is 0.545. The highest BCUT2D eigenvalue weighted by molar-refractivity contribution is 6.30. The van der Waals surface area contributed by atoms with Gasteiger partial charge in [0.15, 0.2) is 0 Å². The van der Waals surface area contributed by atoms with Crippen LogP contribution in [0.2, 0.25) is 5.02 Å². The second kappa shape index (κ2) is 8.05. The van der Waals surface area contributed by atoms with Crippen molar-refractivity contribution in [3.63, 3.8) is 0 Å². The van der Waals surface area contributed by atoms with Crippen LogP contribution in [0.25, 0.3) is 5.69 Å². The molecule has 0 spiro atoms. The van der Waals surface area contributed by atoms with Gasteiger partial charge in [-0.3, -0.25) is 4.79 Å². The molecule has 2 aliphatic rings. The van der Waals surface area contributed by atoms with E-state index in [1.54, 1.807) is 0 Å². The Labute approximate surface area is 165 Å². The predicted molar refractivity (Wildman–Crippen MR) is 107 cm³/mol. The van der Waals surface area contributed by atoms with E-state index in [2.05, 4.69) is 0 Å². The number of aryl methyl sites for hydroxylation is 1. The first-order valence-corrected chi connectivity index (χ1v) is 10.6. The lowest BCUT2D eigenvalue weighted by Gasteiger charge is -2.29. The van der Waals surface area contributed by atoms with E-state index in [0.717, 1.165) is 68.4 Å². The Balaban J connectivity index is 1.86. The maximum Gasteiger partial charge on any atom is 0.312 e. The first-order chi connectivity index (χ1) is 13.1. The van der Waals surface area contributed by atoms with Gasteiger partial charge in [0.2, 0.25) is 0 Å². The first kappa shape index (κ1) is 18.5. The van der Waals surface area contributed by atoms with Crippen molar-refractivity contribution < 1.29 is 9.90 Å². The summed E-state index contributed by atoms with van der Waals surface area (Å²) < 4.78 is 1.92. The summed E-state index contributed by atoms with van der Waals surface area (Å²) in [5.41, 5.74) is 4.12. The van der Waals surface area contributed by atoms with Crippen LogP contribution >= 0.6 is 11.6 Å². The quantitative estimate of drug-likeness (QED) is 0.701. The molecule has 1 saturated carbocycles. The highest BCUT2D eigenvalue weighted by atomic mass is 35.5. The molecule has 27 heavy (non-hydrogen) atoms. The van der Waals surface area contributed by atoms with E-state index in [9.17, 15) is 9.90 Å². The Morgan fingerprint density at radius 3 is 2.41 bits per heavy atom. The molecule has 2 aliphatic carbocycles. The van der Waals surface area contributed by atoms with Gasteiger partial charge in [-0.2, -0.15) is 5.10 Å². The average Bonchev–Trinajstić information content (AvgIpc) is 2.86. The van der Waals surface area contributed by atoms with Crippen molar-refractivity contribution in [2.24, 2.45) is 5.92 Å². The summed E-state index contributed by atoms with van der Waals surface area (Å²) in [4.78, 5) is 12.4. The van der Waals surface area contributed by atoms with Gasteiger partial charge in [-0.05, 0) is 74.3 Å². The number of aromatic nitrogens is 2. The summed E-state index contributed by atoms with van der Waals surface area (Å²) in [6.45, 7) is 0. The van der Waals surface area contributed by atoms with Crippen molar-refractivity contribution in [3.8, 4) is 5.69 Å². The van der Waals surface area contributed by atoms with Gasteiger partial charge in [0.1, 0.15) is 5.92 Å². The third kappa shape index (κ3) is 3.77. The topological polar surface area (TPSA) is 55.1 Å². The van der Waals surface area contributed by atoms with Crippen molar-refractivity contribution in [2.45, 2.75) is 70.1 Å². The molecule has 1 aromatic carbocycles. The molecule has 144 valence electrons. The molecule has 1 unspecified atom stereocenters. The van der Waals surface area contributed by atoms with E-state index in [1.807, 2.05) is 28.9 Å². The number of hydrogen-bond acceptors (Lipinski definition) is 2. The molecule has 1 fully saturated rings. The van der Waals surface area contributed by atoms with Crippen LogP contribution in [-0.4, -0.2) is 20.9 Å². The minimum atomic E-state index is -0.705. The summed E-state index contributed by atoms with van der Waals surface area (Å²) in [6, 6.07) is 7.59. The maximum absolute atomic E-state index is 12.4. The summed E-state index contributed by atoms with van der Waals surface area (Å²) in [7, 11) is 0. The van der Waals surface area contributed by atoms with Gasteiger partial charge >= 0.3 is 5.97 Å². The van der Waals surface area contributed by atoms with Gasteiger partial charge in [-0.15, -0.1) is 0 Å². The van der Waals surface area contributed by atoms with Crippen molar-refractivity contribution in [2.75, 3.05) is 0 Å². The summed E-state index contributed by atoms with van der Waals surface area (Å²) >= 11 is 6.07. The number of carboxylic acids is 1. The third-order valence-corrected chi connectivity index (χ3v) is 6.45. The van der Waals surface area contributed by atoms with E-state index in [1.165, 1.54) is 18.4 Å². The molecule has 0 amide bonds. The van der Waals surface area contributed by atoms with Crippen LogP contribution in [-0.2, 0) is 17.6 Å². The first-order valence-electron chi connectivity index (χ1n) is 10.2. The molecule has 1 N–H and O–H groups in total. The Morgan fingerprint density at radius 1 is 1.04 bits per heavy atom. The lowest BCUT2D eigenvalue weighted by Crippen LogP contribution is -2.27. The standard InChI is InChI=1S/C22H27ClN2O2/c23-16-11-13-17(14-12-16)25-21(18-9-5-2-6-10-19(18)24-25)20(22(26)27)15-7-3-1-4-8-15/h11-15,20H,1-10H2,(H,26,27). The summed E-state index contributed by atoms with van der Waals surface area (Å²) in [5.74, 6) is -0.981. The van der Waals surface area contributed by atoms with Crippen LogP contribution < -0.4 is 0 Å². The molecule has 0 radical (unpaired) electrons. The number of carbonyl (C=O) groups is 1. The van der Waals surface area contributed by atoms with Gasteiger partial charge in [0.25, 0.3) is 0 Å². The molecule has 4 nitrogen and oxygen atoms in total. The zero-order valence-corrected chi connectivity index (χ0v) is 16.4. The second-order valence-corrected chi connectivity index (χ2v) is 8.41. The van der Waals surface area contributed by atoms with E-state index < -0.39 is 11.9 Å². The normalized spacial score (nSPS) is 19.3. The summed E-state index contributed by atoms with van der Waals surface area (Å²) in [6.07, 6.45) is 10.8.